The third-order valence-corrected chi connectivity index (χ3v) is 5.08. The molecular formula is C25H19F6NO4. The zero-order chi connectivity index (χ0) is 26.8. The molecule has 3 aromatic rings. The maximum Gasteiger partial charge on any atom is 0.416 e. The van der Waals surface area contributed by atoms with Crippen molar-refractivity contribution in [3.05, 3.63) is 88.5 Å². The van der Waals surface area contributed by atoms with E-state index in [-0.39, 0.29) is 35.6 Å². The molecule has 3 aromatic carbocycles. The number of aromatic carboxylic acids is 1. The Hall–Kier alpha value is -4.02. The second-order valence-electron chi connectivity index (χ2n) is 8.09. The van der Waals surface area contributed by atoms with Crippen LogP contribution in [0.1, 0.15) is 57.2 Å². The lowest BCUT2D eigenvalue weighted by Gasteiger charge is -2.15. The summed E-state index contributed by atoms with van der Waals surface area (Å²) in [6, 6.07) is 10.9. The molecule has 0 atom stereocenters. The van der Waals surface area contributed by atoms with Gasteiger partial charge in [0, 0.05) is 11.6 Å². The molecule has 1 amide bonds. The van der Waals surface area contributed by atoms with Gasteiger partial charge in [-0.25, -0.2) is 4.79 Å². The van der Waals surface area contributed by atoms with E-state index in [1.165, 1.54) is 6.07 Å². The van der Waals surface area contributed by atoms with Gasteiger partial charge in [-0.15, -0.1) is 0 Å². The highest BCUT2D eigenvalue weighted by Crippen LogP contribution is 2.37. The fourth-order valence-electron chi connectivity index (χ4n) is 3.23. The minimum atomic E-state index is -5.15. The van der Waals surface area contributed by atoms with Crippen molar-refractivity contribution in [2.75, 3.05) is 5.32 Å². The highest BCUT2D eigenvalue weighted by atomic mass is 19.4. The third-order valence-electron chi connectivity index (χ3n) is 5.08. The standard InChI is InChI=1S/C25H19F6NO4/c1-13(2)14-4-3-5-18(10-14)36-19-6-7-20(23(34)35)21(12-19)32-22(33)15-8-16(24(26,27)28)11-17(9-15)25(29,30)31/h3-13H,1-2H3,(H,32,33)(H,34,35). The van der Waals surface area contributed by atoms with Crippen molar-refractivity contribution >= 4 is 17.6 Å². The first-order chi connectivity index (χ1) is 16.6. The molecule has 0 heterocycles. The lowest BCUT2D eigenvalue weighted by molar-refractivity contribution is -0.143. The molecule has 3 rings (SSSR count). The van der Waals surface area contributed by atoms with Gasteiger partial charge in [0.15, 0.2) is 0 Å². The third kappa shape index (κ3) is 6.35. The van der Waals surface area contributed by atoms with Crippen LogP contribution in [-0.2, 0) is 12.4 Å². The van der Waals surface area contributed by atoms with Crippen molar-refractivity contribution in [3.63, 3.8) is 0 Å². The normalized spacial score (nSPS) is 11.9. The van der Waals surface area contributed by atoms with E-state index in [2.05, 4.69) is 5.32 Å². The molecule has 0 aliphatic heterocycles. The smallest absolute Gasteiger partial charge is 0.416 e. The van der Waals surface area contributed by atoms with Crippen LogP contribution in [0.3, 0.4) is 0 Å². The number of ether oxygens (including phenoxy) is 1. The van der Waals surface area contributed by atoms with Crippen LogP contribution in [0.2, 0.25) is 0 Å². The average molecular weight is 511 g/mol. The average Bonchev–Trinajstić information content (AvgIpc) is 2.77. The molecule has 0 unspecified atom stereocenters. The van der Waals surface area contributed by atoms with E-state index in [4.69, 9.17) is 4.74 Å². The van der Waals surface area contributed by atoms with Crippen molar-refractivity contribution < 1.29 is 45.8 Å². The first-order valence-electron chi connectivity index (χ1n) is 10.4. The van der Waals surface area contributed by atoms with Crippen LogP contribution in [0.25, 0.3) is 0 Å². The Morgan fingerprint density at radius 1 is 0.833 bits per heavy atom. The minimum absolute atomic E-state index is 0.0798. The van der Waals surface area contributed by atoms with Crippen LogP contribution in [-0.4, -0.2) is 17.0 Å². The molecule has 190 valence electrons. The second kappa shape index (κ2) is 9.92. The lowest BCUT2D eigenvalue weighted by Crippen LogP contribution is -2.18. The number of amides is 1. The number of alkyl halides is 6. The highest BCUT2D eigenvalue weighted by Gasteiger charge is 2.37. The second-order valence-corrected chi connectivity index (χ2v) is 8.09. The number of anilines is 1. The monoisotopic (exact) mass is 511 g/mol. The van der Waals surface area contributed by atoms with Gasteiger partial charge in [0.1, 0.15) is 11.5 Å². The fraction of sp³-hybridized carbons (Fsp3) is 0.200. The van der Waals surface area contributed by atoms with Crippen LogP contribution in [0.4, 0.5) is 32.0 Å². The van der Waals surface area contributed by atoms with Gasteiger partial charge < -0.3 is 15.2 Å². The van der Waals surface area contributed by atoms with Gasteiger partial charge in [-0.3, -0.25) is 4.79 Å². The summed E-state index contributed by atoms with van der Waals surface area (Å²) in [7, 11) is 0. The van der Waals surface area contributed by atoms with Crippen molar-refractivity contribution in [2.45, 2.75) is 32.1 Å². The molecule has 0 aliphatic carbocycles. The van der Waals surface area contributed by atoms with Crippen LogP contribution in [0, 0.1) is 0 Å². The predicted molar refractivity (Wildman–Crippen MR) is 118 cm³/mol. The molecule has 2 N–H and O–H groups in total. The Morgan fingerprint density at radius 3 is 1.94 bits per heavy atom. The Balaban J connectivity index is 1.98. The maximum atomic E-state index is 13.1. The van der Waals surface area contributed by atoms with Gasteiger partial charge in [0.2, 0.25) is 0 Å². The predicted octanol–water partition coefficient (Wildman–Crippen LogP) is 7.59. The summed E-state index contributed by atoms with van der Waals surface area (Å²) >= 11 is 0. The van der Waals surface area contributed by atoms with Gasteiger partial charge in [-0.2, -0.15) is 26.3 Å². The van der Waals surface area contributed by atoms with Crippen molar-refractivity contribution in [3.8, 4) is 11.5 Å². The quantitative estimate of drug-likeness (QED) is 0.335. The van der Waals surface area contributed by atoms with Gasteiger partial charge in [-0.05, 0) is 53.9 Å². The van der Waals surface area contributed by atoms with E-state index >= 15 is 0 Å². The summed E-state index contributed by atoms with van der Waals surface area (Å²) in [6.07, 6.45) is -10.3. The van der Waals surface area contributed by atoms with Crippen molar-refractivity contribution in [1.29, 1.82) is 0 Å². The van der Waals surface area contributed by atoms with Crippen molar-refractivity contribution in [2.24, 2.45) is 0 Å². The highest BCUT2D eigenvalue weighted by molar-refractivity contribution is 6.08. The van der Waals surface area contributed by atoms with E-state index in [0.717, 1.165) is 17.7 Å². The van der Waals surface area contributed by atoms with Gasteiger partial charge in [0.25, 0.3) is 5.91 Å². The van der Waals surface area contributed by atoms with Crippen molar-refractivity contribution in [1.82, 2.24) is 0 Å². The van der Waals surface area contributed by atoms with Gasteiger partial charge in [0.05, 0.1) is 22.4 Å². The Kier molecular flexibility index (Phi) is 7.33. The number of halogens is 6. The summed E-state index contributed by atoms with van der Waals surface area (Å²) in [5, 5.41) is 11.5. The van der Waals surface area contributed by atoms with Crippen LogP contribution in [0.15, 0.2) is 60.7 Å². The number of benzene rings is 3. The zero-order valence-electron chi connectivity index (χ0n) is 18.8. The Morgan fingerprint density at radius 2 is 1.42 bits per heavy atom. The largest absolute Gasteiger partial charge is 0.478 e. The van der Waals surface area contributed by atoms with Crippen LogP contribution in [0.5, 0.6) is 11.5 Å². The van der Waals surface area contributed by atoms with E-state index in [9.17, 15) is 41.0 Å². The zero-order valence-corrected chi connectivity index (χ0v) is 18.8. The molecular weight excluding hydrogens is 492 g/mol. The molecule has 11 heteroatoms. The number of carbonyl (C=O) groups excluding carboxylic acids is 1. The summed E-state index contributed by atoms with van der Waals surface area (Å²) in [5.41, 5.74) is -4.19. The van der Waals surface area contributed by atoms with Gasteiger partial charge >= 0.3 is 18.3 Å². The number of carboxylic acids is 1. The summed E-state index contributed by atoms with van der Waals surface area (Å²) in [4.78, 5) is 24.3. The maximum absolute atomic E-state index is 13.1. The molecule has 0 saturated carbocycles. The Bertz CT molecular complexity index is 1270. The number of hydrogen-bond acceptors (Lipinski definition) is 3. The molecule has 0 spiro atoms. The molecule has 0 aliphatic rings. The number of rotatable bonds is 6. The molecule has 0 radical (unpaired) electrons. The van der Waals surface area contributed by atoms with Crippen LogP contribution < -0.4 is 10.1 Å². The summed E-state index contributed by atoms with van der Waals surface area (Å²) in [6.45, 7) is 3.93. The SMILES string of the molecule is CC(C)c1cccc(Oc2ccc(C(=O)O)c(NC(=O)c3cc(C(F)(F)F)cc(C(F)(F)F)c3)c2)c1. The minimum Gasteiger partial charge on any atom is -0.478 e. The van der Waals surface area contributed by atoms with Crippen LogP contribution >= 0.6 is 0 Å². The number of hydrogen-bond donors (Lipinski definition) is 2. The first-order valence-corrected chi connectivity index (χ1v) is 10.4. The molecule has 0 bridgehead atoms. The lowest BCUT2D eigenvalue weighted by atomic mass is 10.0. The van der Waals surface area contributed by atoms with E-state index < -0.39 is 46.5 Å². The van der Waals surface area contributed by atoms with Gasteiger partial charge in [-0.1, -0.05) is 26.0 Å². The first kappa shape index (κ1) is 26.6. The summed E-state index contributed by atoms with van der Waals surface area (Å²) in [5.74, 6) is -2.19. The summed E-state index contributed by atoms with van der Waals surface area (Å²) < 4.78 is 84.6. The van der Waals surface area contributed by atoms with E-state index in [1.807, 2.05) is 19.9 Å². The molecule has 0 saturated heterocycles. The number of carbonyl (C=O) groups is 2. The fourth-order valence-corrected chi connectivity index (χ4v) is 3.23. The molecule has 5 nitrogen and oxygen atoms in total. The Labute approximate surface area is 201 Å². The molecule has 0 fully saturated rings. The number of carboxylic acid groups (broad SMARTS) is 1. The van der Waals surface area contributed by atoms with E-state index in [1.54, 1.807) is 18.2 Å². The molecule has 36 heavy (non-hydrogen) atoms. The number of nitrogens with one attached hydrogen (secondary N) is 1. The molecule has 0 aromatic heterocycles. The topological polar surface area (TPSA) is 75.6 Å². The van der Waals surface area contributed by atoms with E-state index in [0.29, 0.717) is 5.75 Å².